The van der Waals surface area contributed by atoms with Gasteiger partial charge in [-0.2, -0.15) is 9.97 Å². The second-order valence-corrected chi connectivity index (χ2v) is 11.5. The van der Waals surface area contributed by atoms with E-state index in [1.54, 1.807) is 0 Å². The van der Waals surface area contributed by atoms with Gasteiger partial charge in [0.15, 0.2) is 11.4 Å². The SMILES string of the molecule is CCCCC(CC)COc1cc2oc(C=Cc3ccc(-c4nc(OCC)nc(OCC)n4)cc3)nc2cc1C1CCCCC1. The molecular weight excluding hydrogens is 552 g/mol. The van der Waals surface area contributed by atoms with E-state index in [1.165, 1.54) is 56.9 Å². The summed E-state index contributed by atoms with van der Waals surface area (Å²) >= 11 is 0. The van der Waals surface area contributed by atoms with Gasteiger partial charge in [0.2, 0.25) is 5.89 Å². The number of benzene rings is 2. The lowest BCUT2D eigenvalue weighted by molar-refractivity contribution is 0.229. The monoisotopic (exact) mass is 598 g/mol. The van der Waals surface area contributed by atoms with Crippen LogP contribution < -0.4 is 14.2 Å². The van der Waals surface area contributed by atoms with Crippen LogP contribution in [0.2, 0.25) is 0 Å². The van der Waals surface area contributed by atoms with Crippen molar-refractivity contribution in [2.75, 3.05) is 19.8 Å². The quantitative estimate of drug-likeness (QED) is 0.134. The fraction of sp³-hybridized carbons (Fsp3) is 0.500. The summed E-state index contributed by atoms with van der Waals surface area (Å²) in [6.45, 7) is 9.97. The first-order valence-corrected chi connectivity index (χ1v) is 16.5. The molecule has 5 rings (SSSR count). The van der Waals surface area contributed by atoms with Gasteiger partial charge in [-0.15, -0.1) is 4.98 Å². The normalized spacial score (nSPS) is 14.7. The molecule has 1 saturated carbocycles. The lowest BCUT2D eigenvalue weighted by Gasteiger charge is -2.25. The Morgan fingerprint density at radius 3 is 2.23 bits per heavy atom. The average molecular weight is 599 g/mol. The zero-order valence-electron chi connectivity index (χ0n) is 26.7. The van der Waals surface area contributed by atoms with E-state index >= 15 is 0 Å². The van der Waals surface area contributed by atoms with Crippen LogP contribution >= 0.6 is 0 Å². The van der Waals surface area contributed by atoms with Crippen molar-refractivity contribution in [3.8, 4) is 29.2 Å². The van der Waals surface area contributed by atoms with E-state index in [1.807, 2.05) is 50.3 Å². The molecule has 1 unspecified atom stereocenters. The maximum Gasteiger partial charge on any atom is 0.323 e. The zero-order valence-corrected chi connectivity index (χ0v) is 26.7. The molecule has 234 valence electrons. The molecule has 2 aromatic heterocycles. The van der Waals surface area contributed by atoms with Crippen molar-refractivity contribution in [3.05, 3.63) is 53.4 Å². The van der Waals surface area contributed by atoms with E-state index < -0.39 is 0 Å². The third kappa shape index (κ3) is 8.16. The first-order valence-electron chi connectivity index (χ1n) is 16.5. The Labute approximate surface area is 261 Å². The van der Waals surface area contributed by atoms with E-state index in [-0.39, 0.29) is 12.0 Å². The van der Waals surface area contributed by atoms with E-state index in [9.17, 15) is 0 Å². The van der Waals surface area contributed by atoms with Crippen LogP contribution in [-0.2, 0) is 0 Å². The molecule has 1 aliphatic carbocycles. The molecule has 0 spiro atoms. The highest BCUT2D eigenvalue weighted by atomic mass is 16.5. The fourth-order valence-electron chi connectivity index (χ4n) is 5.79. The number of aromatic nitrogens is 4. The summed E-state index contributed by atoms with van der Waals surface area (Å²) in [6, 6.07) is 12.7. The largest absolute Gasteiger partial charge is 0.493 e. The number of fused-ring (bicyclic) bond motifs is 1. The van der Waals surface area contributed by atoms with Crippen LogP contribution in [0.15, 0.2) is 40.8 Å². The van der Waals surface area contributed by atoms with Crippen LogP contribution in [0.1, 0.15) is 108 Å². The predicted octanol–water partition coefficient (Wildman–Crippen LogP) is 9.29. The van der Waals surface area contributed by atoms with Crippen LogP contribution in [0.4, 0.5) is 0 Å². The number of hydrogen-bond donors (Lipinski definition) is 0. The smallest absolute Gasteiger partial charge is 0.323 e. The van der Waals surface area contributed by atoms with E-state index in [0.29, 0.717) is 36.8 Å². The maximum absolute atomic E-state index is 6.54. The minimum atomic E-state index is 0.253. The number of nitrogens with zero attached hydrogens (tertiary/aromatic N) is 4. The molecule has 0 saturated heterocycles. The van der Waals surface area contributed by atoms with Gasteiger partial charge in [-0.05, 0) is 68.2 Å². The van der Waals surface area contributed by atoms with Crippen molar-refractivity contribution in [2.45, 2.75) is 91.4 Å². The van der Waals surface area contributed by atoms with Crippen LogP contribution in [0.25, 0.3) is 34.6 Å². The highest BCUT2D eigenvalue weighted by molar-refractivity contribution is 5.79. The van der Waals surface area contributed by atoms with Gasteiger partial charge in [-0.1, -0.05) is 76.6 Å². The Kier molecular flexibility index (Phi) is 11.2. The second kappa shape index (κ2) is 15.7. The third-order valence-corrected chi connectivity index (χ3v) is 8.33. The van der Waals surface area contributed by atoms with Crippen LogP contribution in [0, 0.1) is 5.92 Å². The number of rotatable bonds is 15. The van der Waals surface area contributed by atoms with Gasteiger partial charge in [0, 0.05) is 17.7 Å². The van der Waals surface area contributed by atoms with Crippen molar-refractivity contribution in [1.29, 1.82) is 0 Å². The lowest BCUT2D eigenvalue weighted by Crippen LogP contribution is -2.13. The highest BCUT2D eigenvalue weighted by Crippen LogP contribution is 2.40. The summed E-state index contributed by atoms with van der Waals surface area (Å²) in [5, 5.41) is 0. The predicted molar refractivity (Wildman–Crippen MR) is 175 cm³/mol. The molecule has 44 heavy (non-hydrogen) atoms. The van der Waals surface area contributed by atoms with Crippen molar-refractivity contribution in [1.82, 2.24) is 19.9 Å². The molecule has 1 atom stereocenters. The number of ether oxygens (including phenoxy) is 3. The number of hydrogen-bond acceptors (Lipinski definition) is 8. The fourth-order valence-corrected chi connectivity index (χ4v) is 5.79. The Bertz CT molecular complexity index is 1480. The topological polar surface area (TPSA) is 92.4 Å². The maximum atomic E-state index is 6.54. The number of unbranched alkanes of at least 4 members (excludes halogenated alkanes) is 1. The van der Waals surface area contributed by atoms with Gasteiger partial charge in [0.1, 0.15) is 11.3 Å². The molecular formula is C36H46N4O4. The Balaban J connectivity index is 1.35. The summed E-state index contributed by atoms with van der Waals surface area (Å²) < 4.78 is 23.8. The van der Waals surface area contributed by atoms with Crippen LogP contribution in [-0.4, -0.2) is 39.8 Å². The van der Waals surface area contributed by atoms with Gasteiger partial charge in [0.05, 0.1) is 19.8 Å². The van der Waals surface area contributed by atoms with Gasteiger partial charge >= 0.3 is 12.0 Å². The molecule has 0 radical (unpaired) electrons. The standard InChI is InChI=1S/C36H46N4O4/c1-5-9-13-25(6-2)24-43-31-23-32-30(22-29(31)27-14-11-10-12-15-27)37-33(44-32)21-18-26-16-19-28(20-17-26)34-38-35(41-7-3)40-36(39-34)42-8-4/h16-23,25,27H,5-15,24H2,1-4H3. The van der Waals surface area contributed by atoms with Gasteiger partial charge in [-0.25, -0.2) is 4.98 Å². The number of oxazole rings is 1. The second-order valence-electron chi connectivity index (χ2n) is 11.5. The summed E-state index contributed by atoms with van der Waals surface area (Å²) in [5.41, 5.74) is 4.79. The molecule has 4 aromatic rings. The Morgan fingerprint density at radius 1 is 0.841 bits per heavy atom. The molecule has 1 aliphatic rings. The van der Waals surface area contributed by atoms with Crippen molar-refractivity contribution < 1.29 is 18.6 Å². The Hall–Kier alpha value is -3.94. The molecule has 2 heterocycles. The molecule has 8 nitrogen and oxygen atoms in total. The molecule has 0 bridgehead atoms. The average Bonchev–Trinajstić information content (AvgIpc) is 3.46. The van der Waals surface area contributed by atoms with Gasteiger partial charge in [-0.3, -0.25) is 0 Å². The molecule has 0 aliphatic heterocycles. The van der Waals surface area contributed by atoms with Crippen molar-refractivity contribution >= 4 is 23.3 Å². The minimum absolute atomic E-state index is 0.253. The summed E-state index contributed by atoms with van der Waals surface area (Å²) in [7, 11) is 0. The van der Waals surface area contributed by atoms with Crippen molar-refractivity contribution in [2.24, 2.45) is 5.92 Å². The lowest BCUT2D eigenvalue weighted by atomic mass is 9.83. The van der Waals surface area contributed by atoms with Gasteiger partial charge < -0.3 is 18.6 Å². The van der Waals surface area contributed by atoms with E-state index in [2.05, 4.69) is 40.9 Å². The molecule has 0 N–H and O–H groups in total. The van der Waals surface area contributed by atoms with Crippen LogP contribution in [0.3, 0.4) is 0 Å². The first kappa shape index (κ1) is 31.5. The van der Waals surface area contributed by atoms with E-state index in [0.717, 1.165) is 41.0 Å². The van der Waals surface area contributed by atoms with Gasteiger partial charge in [0.25, 0.3) is 0 Å². The first-order chi connectivity index (χ1) is 21.6. The van der Waals surface area contributed by atoms with Crippen molar-refractivity contribution in [3.63, 3.8) is 0 Å². The molecule has 1 fully saturated rings. The zero-order chi connectivity index (χ0) is 30.7. The molecule has 0 amide bonds. The van der Waals surface area contributed by atoms with Crippen LogP contribution in [0.5, 0.6) is 17.8 Å². The van der Waals surface area contributed by atoms with E-state index in [4.69, 9.17) is 23.6 Å². The summed E-state index contributed by atoms with van der Waals surface area (Å²) in [4.78, 5) is 17.9. The highest BCUT2D eigenvalue weighted by Gasteiger charge is 2.22. The minimum Gasteiger partial charge on any atom is -0.493 e. The Morgan fingerprint density at radius 2 is 1.57 bits per heavy atom. The molecule has 2 aromatic carbocycles. The summed E-state index contributed by atoms with van der Waals surface area (Å²) in [6.07, 6.45) is 15.0. The summed E-state index contributed by atoms with van der Waals surface area (Å²) in [5.74, 6) is 3.15. The third-order valence-electron chi connectivity index (χ3n) is 8.33. The molecule has 8 heteroatoms.